The minimum atomic E-state index is -4.85. The van der Waals surface area contributed by atoms with E-state index in [0.29, 0.717) is 0 Å². The molecule has 0 aliphatic rings. The lowest BCUT2D eigenvalue weighted by molar-refractivity contribution is -0.143. The molecule has 17 heavy (non-hydrogen) atoms. The number of aliphatic hydroxyl groups excluding tert-OH is 1. The summed E-state index contributed by atoms with van der Waals surface area (Å²) in [5, 5.41) is 17.7. The van der Waals surface area contributed by atoms with Crippen molar-refractivity contribution in [2.45, 2.75) is 18.7 Å². The van der Waals surface area contributed by atoms with Crippen LogP contribution in [-0.2, 0) is 11.0 Å². The monoisotopic (exact) mass is 252 g/mol. The van der Waals surface area contributed by atoms with E-state index in [1.165, 1.54) is 0 Å². The fourth-order valence-corrected chi connectivity index (χ4v) is 1.34. The fourth-order valence-electron chi connectivity index (χ4n) is 1.34. The summed E-state index contributed by atoms with van der Waals surface area (Å²) in [6, 6.07) is 1.68. The van der Waals surface area contributed by atoms with E-state index in [1.54, 1.807) is 0 Å². The molecule has 0 unspecified atom stereocenters. The van der Waals surface area contributed by atoms with Crippen molar-refractivity contribution in [2.75, 3.05) is 0 Å². The van der Waals surface area contributed by atoms with Gasteiger partial charge in [-0.05, 0) is 17.7 Å². The summed E-state index contributed by atoms with van der Waals surface area (Å²) in [5.41, 5.74) is -2.02. The predicted molar refractivity (Wildman–Crippen MR) is 48.6 cm³/mol. The van der Waals surface area contributed by atoms with Crippen molar-refractivity contribution >= 4 is 5.97 Å². The molecule has 0 heterocycles. The first-order valence-electron chi connectivity index (χ1n) is 4.48. The Morgan fingerprint density at radius 2 is 1.94 bits per heavy atom. The van der Waals surface area contributed by atoms with Gasteiger partial charge in [-0.1, -0.05) is 6.07 Å². The number of benzene rings is 1. The Balaban J connectivity index is 3.19. The molecule has 0 aliphatic heterocycles. The van der Waals surface area contributed by atoms with Gasteiger partial charge in [0.1, 0.15) is 5.82 Å². The number of carboxylic acids is 1. The molecule has 0 saturated heterocycles. The molecule has 0 amide bonds. The highest BCUT2D eigenvalue weighted by Crippen LogP contribution is 2.35. The molecule has 0 spiro atoms. The first-order valence-corrected chi connectivity index (χ1v) is 4.48. The molecule has 0 aromatic heterocycles. The van der Waals surface area contributed by atoms with E-state index in [2.05, 4.69) is 0 Å². The number of rotatable bonds is 3. The summed E-state index contributed by atoms with van der Waals surface area (Å²) in [7, 11) is 0. The predicted octanol–water partition coefficient (Wildman–Crippen LogP) is 2.35. The van der Waals surface area contributed by atoms with Crippen molar-refractivity contribution in [3.05, 3.63) is 35.1 Å². The standard InChI is InChI=1S/C10H8F4O3/c11-5-1-2-6(8(15)4-9(16)17)7(3-5)10(12,13)14/h1-3,8,15H,4H2,(H,16,17)/t8-/m1/s1. The SMILES string of the molecule is O=C(O)C[C@@H](O)c1ccc(F)cc1C(F)(F)F. The highest BCUT2D eigenvalue weighted by molar-refractivity contribution is 5.67. The molecule has 3 nitrogen and oxygen atoms in total. The average molecular weight is 252 g/mol. The number of alkyl halides is 3. The Bertz CT molecular complexity index is 428. The summed E-state index contributed by atoms with van der Waals surface area (Å²) >= 11 is 0. The third-order valence-electron chi connectivity index (χ3n) is 2.05. The summed E-state index contributed by atoms with van der Waals surface area (Å²) in [6.45, 7) is 0. The minimum Gasteiger partial charge on any atom is -0.481 e. The molecule has 0 bridgehead atoms. The minimum absolute atomic E-state index is 0.223. The molecule has 1 aromatic carbocycles. The van der Waals surface area contributed by atoms with Gasteiger partial charge in [0.25, 0.3) is 0 Å². The van der Waals surface area contributed by atoms with Gasteiger partial charge < -0.3 is 10.2 Å². The van der Waals surface area contributed by atoms with E-state index in [4.69, 9.17) is 5.11 Å². The van der Waals surface area contributed by atoms with E-state index in [1.807, 2.05) is 0 Å². The number of carbonyl (C=O) groups is 1. The maximum atomic E-state index is 12.7. The Morgan fingerprint density at radius 3 is 2.41 bits per heavy atom. The maximum absolute atomic E-state index is 12.7. The van der Waals surface area contributed by atoms with Crippen molar-refractivity contribution in [1.82, 2.24) is 0 Å². The second kappa shape index (κ2) is 4.70. The van der Waals surface area contributed by atoms with Crippen LogP contribution in [0.15, 0.2) is 18.2 Å². The molecule has 0 fully saturated rings. The van der Waals surface area contributed by atoms with E-state index in [-0.39, 0.29) is 6.07 Å². The van der Waals surface area contributed by atoms with Crippen LogP contribution in [0.3, 0.4) is 0 Å². The molecule has 2 N–H and O–H groups in total. The average Bonchev–Trinajstić information content (AvgIpc) is 2.14. The molecule has 1 aromatic rings. The van der Waals surface area contributed by atoms with Gasteiger partial charge >= 0.3 is 12.1 Å². The molecule has 7 heteroatoms. The highest BCUT2D eigenvalue weighted by atomic mass is 19.4. The largest absolute Gasteiger partial charge is 0.481 e. The molecule has 1 atom stereocenters. The van der Waals surface area contributed by atoms with Crippen LogP contribution in [0.2, 0.25) is 0 Å². The lowest BCUT2D eigenvalue weighted by Crippen LogP contribution is -2.14. The van der Waals surface area contributed by atoms with Crippen LogP contribution >= 0.6 is 0 Å². The topological polar surface area (TPSA) is 57.5 Å². The quantitative estimate of drug-likeness (QED) is 0.812. The first kappa shape index (κ1) is 13.4. The smallest absolute Gasteiger partial charge is 0.416 e. The molecule has 0 saturated carbocycles. The van der Waals surface area contributed by atoms with E-state index < -0.39 is 41.6 Å². The van der Waals surface area contributed by atoms with Crippen LogP contribution in [0, 0.1) is 5.82 Å². The normalized spacial score (nSPS) is 13.5. The van der Waals surface area contributed by atoms with Gasteiger partial charge in [0, 0.05) is 0 Å². The van der Waals surface area contributed by atoms with E-state index >= 15 is 0 Å². The number of aliphatic hydroxyl groups is 1. The van der Waals surface area contributed by atoms with Crippen molar-refractivity contribution < 1.29 is 32.6 Å². The van der Waals surface area contributed by atoms with Gasteiger partial charge in [-0.25, -0.2) is 4.39 Å². The Morgan fingerprint density at radius 1 is 1.35 bits per heavy atom. The number of carboxylic acid groups (broad SMARTS) is 1. The second-order valence-electron chi connectivity index (χ2n) is 3.34. The van der Waals surface area contributed by atoms with Gasteiger partial charge in [0.05, 0.1) is 18.1 Å². The van der Waals surface area contributed by atoms with Gasteiger partial charge in [0.2, 0.25) is 0 Å². The van der Waals surface area contributed by atoms with Crippen LogP contribution in [0.25, 0.3) is 0 Å². The molecular weight excluding hydrogens is 244 g/mol. The van der Waals surface area contributed by atoms with Crippen molar-refractivity contribution in [1.29, 1.82) is 0 Å². The molecule has 0 aliphatic carbocycles. The van der Waals surface area contributed by atoms with Crippen LogP contribution in [0.5, 0.6) is 0 Å². The Kier molecular flexibility index (Phi) is 3.72. The molecule has 94 valence electrons. The summed E-state index contributed by atoms with van der Waals surface area (Å²) < 4.78 is 50.2. The molecule has 0 radical (unpaired) electrons. The zero-order chi connectivity index (χ0) is 13.2. The van der Waals surface area contributed by atoms with E-state index in [0.717, 1.165) is 12.1 Å². The third-order valence-corrected chi connectivity index (χ3v) is 2.05. The number of aliphatic carboxylic acids is 1. The summed E-state index contributed by atoms with van der Waals surface area (Å²) in [6.07, 6.45) is -7.56. The fraction of sp³-hybridized carbons (Fsp3) is 0.300. The Labute approximate surface area is 93.3 Å². The Hall–Kier alpha value is -1.63. The third kappa shape index (κ3) is 3.42. The zero-order valence-corrected chi connectivity index (χ0v) is 8.33. The summed E-state index contributed by atoms with van der Waals surface area (Å²) in [5.74, 6) is -2.56. The second-order valence-corrected chi connectivity index (χ2v) is 3.34. The van der Waals surface area contributed by atoms with Gasteiger partial charge in [-0.2, -0.15) is 13.2 Å². The first-order chi connectivity index (χ1) is 7.71. The van der Waals surface area contributed by atoms with Crippen LogP contribution in [0.4, 0.5) is 17.6 Å². The van der Waals surface area contributed by atoms with Crippen LogP contribution in [-0.4, -0.2) is 16.2 Å². The van der Waals surface area contributed by atoms with Gasteiger partial charge in [-0.15, -0.1) is 0 Å². The molecular formula is C10H8F4O3. The van der Waals surface area contributed by atoms with E-state index in [9.17, 15) is 27.5 Å². The lowest BCUT2D eigenvalue weighted by atomic mass is 9.99. The summed E-state index contributed by atoms with van der Waals surface area (Å²) in [4.78, 5) is 10.3. The highest BCUT2D eigenvalue weighted by Gasteiger charge is 2.35. The van der Waals surface area contributed by atoms with Crippen LogP contribution < -0.4 is 0 Å². The number of halogens is 4. The number of hydrogen-bond donors (Lipinski definition) is 2. The van der Waals surface area contributed by atoms with Crippen molar-refractivity contribution in [3.8, 4) is 0 Å². The molecule has 1 rings (SSSR count). The number of hydrogen-bond acceptors (Lipinski definition) is 2. The van der Waals surface area contributed by atoms with Crippen molar-refractivity contribution in [2.24, 2.45) is 0 Å². The lowest BCUT2D eigenvalue weighted by Gasteiger charge is -2.16. The van der Waals surface area contributed by atoms with Crippen molar-refractivity contribution in [3.63, 3.8) is 0 Å². The van der Waals surface area contributed by atoms with Crippen LogP contribution in [0.1, 0.15) is 23.7 Å². The van der Waals surface area contributed by atoms with Gasteiger partial charge in [-0.3, -0.25) is 4.79 Å². The van der Waals surface area contributed by atoms with Gasteiger partial charge in [0.15, 0.2) is 0 Å². The zero-order valence-electron chi connectivity index (χ0n) is 8.33. The maximum Gasteiger partial charge on any atom is 0.416 e.